The molecule has 0 spiro atoms. The molecule has 0 saturated heterocycles. The normalized spacial score (nSPS) is 12.5. The largest absolute Gasteiger partial charge is 0.497 e. The maximum atomic E-state index is 13.9. The maximum absolute atomic E-state index is 13.9. The number of aryl methyl sites for hydroxylation is 1. The van der Waals surface area contributed by atoms with Gasteiger partial charge in [0.1, 0.15) is 11.4 Å². The molecule has 2 heterocycles. The standard InChI is InChI=1S/C32H39N3O5/c1-20(2)17-21(3)35(31(37)39-32(5,6)7)40-25-13-14-26-27-15-16-33-22(4)29(27)30(36)34(28(26)18-25)19-23-9-11-24(38-8)12-10-23/h9-16,18,20-21H,17,19H2,1-8H3. The first-order chi connectivity index (χ1) is 18.9. The average Bonchev–Trinajstić information content (AvgIpc) is 2.88. The predicted octanol–water partition coefficient (Wildman–Crippen LogP) is 6.88. The van der Waals surface area contributed by atoms with Gasteiger partial charge in [0.25, 0.3) is 5.56 Å². The second kappa shape index (κ2) is 11.6. The van der Waals surface area contributed by atoms with Gasteiger partial charge in [0.2, 0.25) is 0 Å². The highest BCUT2D eigenvalue weighted by Gasteiger charge is 2.29. The van der Waals surface area contributed by atoms with E-state index in [0.29, 0.717) is 34.8 Å². The average molecular weight is 546 g/mol. The second-order valence-corrected chi connectivity index (χ2v) is 11.6. The topological polar surface area (TPSA) is 82.9 Å². The zero-order chi connectivity index (χ0) is 29.2. The first kappa shape index (κ1) is 28.9. The van der Waals surface area contributed by atoms with Gasteiger partial charge < -0.3 is 18.9 Å². The second-order valence-electron chi connectivity index (χ2n) is 11.6. The van der Waals surface area contributed by atoms with Crippen LogP contribution in [-0.4, -0.2) is 39.5 Å². The number of hydrogen-bond acceptors (Lipinski definition) is 6. The molecular weight excluding hydrogens is 506 g/mol. The molecule has 1 unspecified atom stereocenters. The van der Waals surface area contributed by atoms with E-state index in [0.717, 1.165) is 28.5 Å². The van der Waals surface area contributed by atoms with Gasteiger partial charge in [-0.25, -0.2) is 4.79 Å². The molecule has 0 bridgehead atoms. The van der Waals surface area contributed by atoms with Gasteiger partial charge in [0.05, 0.1) is 36.3 Å². The van der Waals surface area contributed by atoms with Crippen molar-refractivity contribution in [2.75, 3.05) is 7.11 Å². The quantitative estimate of drug-likeness (QED) is 0.177. The maximum Gasteiger partial charge on any atom is 0.443 e. The van der Waals surface area contributed by atoms with Crippen LogP contribution in [0.4, 0.5) is 4.79 Å². The highest BCUT2D eigenvalue weighted by atomic mass is 16.7. The molecule has 0 aliphatic heterocycles. The number of benzene rings is 2. The summed E-state index contributed by atoms with van der Waals surface area (Å²) in [6, 6.07) is 14.8. The number of fused-ring (bicyclic) bond motifs is 3. The van der Waals surface area contributed by atoms with Crippen LogP contribution in [0, 0.1) is 12.8 Å². The van der Waals surface area contributed by atoms with Gasteiger partial charge in [-0.3, -0.25) is 9.78 Å². The number of carbonyl (C=O) groups excluding carboxylic acids is 1. The fourth-order valence-electron chi connectivity index (χ4n) is 4.90. The number of rotatable bonds is 8. The van der Waals surface area contributed by atoms with E-state index in [4.69, 9.17) is 14.3 Å². The SMILES string of the molecule is COc1ccc(Cn2c(=O)c3c(C)nccc3c3ccc(ON(C(=O)OC(C)(C)C)C(C)CC(C)C)cc32)cc1. The van der Waals surface area contributed by atoms with Crippen LogP contribution in [0.15, 0.2) is 59.5 Å². The summed E-state index contributed by atoms with van der Waals surface area (Å²) >= 11 is 0. The molecule has 0 aliphatic rings. The third kappa shape index (κ3) is 6.38. The van der Waals surface area contributed by atoms with Gasteiger partial charge in [-0.2, -0.15) is 0 Å². The number of aromatic nitrogens is 2. The lowest BCUT2D eigenvalue weighted by Gasteiger charge is -2.31. The minimum atomic E-state index is -0.677. The van der Waals surface area contributed by atoms with Gasteiger partial charge >= 0.3 is 6.09 Å². The lowest BCUT2D eigenvalue weighted by Crippen LogP contribution is -2.44. The number of ether oxygens (including phenoxy) is 2. The molecule has 212 valence electrons. The summed E-state index contributed by atoms with van der Waals surface area (Å²) in [5.74, 6) is 1.52. The Bertz CT molecular complexity index is 1570. The van der Waals surface area contributed by atoms with E-state index in [1.165, 1.54) is 5.06 Å². The van der Waals surface area contributed by atoms with Crippen LogP contribution in [0.5, 0.6) is 11.5 Å². The lowest BCUT2D eigenvalue weighted by atomic mass is 10.0. The molecule has 4 rings (SSSR count). The number of amides is 1. The summed E-state index contributed by atoms with van der Waals surface area (Å²) in [6.07, 6.45) is 1.88. The Morgan fingerprint density at radius 2 is 1.68 bits per heavy atom. The Morgan fingerprint density at radius 3 is 2.30 bits per heavy atom. The molecule has 0 aliphatic carbocycles. The van der Waals surface area contributed by atoms with E-state index in [1.807, 2.05) is 83.1 Å². The number of hydroxylamine groups is 2. The number of carbonyl (C=O) groups is 1. The van der Waals surface area contributed by atoms with E-state index in [2.05, 4.69) is 18.8 Å². The van der Waals surface area contributed by atoms with Crippen molar-refractivity contribution < 1.29 is 19.1 Å². The molecule has 4 aromatic rings. The van der Waals surface area contributed by atoms with E-state index in [9.17, 15) is 9.59 Å². The Kier molecular flexibility index (Phi) is 8.37. The molecule has 0 fully saturated rings. The van der Waals surface area contributed by atoms with E-state index in [-0.39, 0.29) is 11.6 Å². The minimum Gasteiger partial charge on any atom is -0.497 e. The third-order valence-electron chi connectivity index (χ3n) is 6.64. The number of pyridine rings is 2. The van der Waals surface area contributed by atoms with Crippen LogP contribution >= 0.6 is 0 Å². The Hall–Kier alpha value is -4.07. The number of hydrogen-bond donors (Lipinski definition) is 0. The van der Waals surface area contributed by atoms with Crippen molar-refractivity contribution in [2.45, 2.75) is 73.1 Å². The van der Waals surface area contributed by atoms with Crippen molar-refractivity contribution in [2.24, 2.45) is 5.92 Å². The molecule has 0 saturated carbocycles. The van der Waals surface area contributed by atoms with Crippen LogP contribution in [0.3, 0.4) is 0 Å². The van der Waals surface area contributed by atoms with Gasteiger partial charge in [0, 0.05) is 17.6 Å². The monoisotopic (exact) mass is 545 g/mol. The van der Waals surface area contributed by atoms with Crippen LogP contribution in [0.2, 0.25) is 0 Å². The highest BCUT2D eigenvalue weighted by molar-refractivity contribution is 6.06. The first-order valence-electron chi connectivity index (χ1n) is 13.6. The van der Waals surface area contributed by atoms with Crippen molar-refractivity contribution in [3.8, 4) is 11.5 Å². The molecule has 2 aromatic heterocycles. The summed E-state index contributed by atoms with van der Waals surface area (Å²) < 4.78 is 12.7. The predicted molar refractivity (Wildman–Crippen MR) is 158 cm³/mol. The van der Waals surface area contributed by atoms with Crippen molar-refractivity contribution in [3.05, 3.63) is 76.3 Å². The van der Waals surface area contributed by atoms with Gasteiger partial charge in [-0.15, -0.1) is 5.06 Å². The van der Waals surface area contributed by atoms with Gasteiger partial charge in [0.15, 0.2) is 5.75 Å². The minimum absolute atomic E-state index is 0.141. The third-order valence-corrected chi connectivity index (χ3v) is 6.64. The molecular formula is C32H39N3O5. The zero-order valence-electron chi connectivity index (χ0n) is 24.6. The fourth-order valence-corrected chi connectivity index (χ4v) is 4.90. The number of methoxy groups -OCH3 is 1. The summed E-state index contributed by atoms with van der Waals surface area (Å²) in [5.41, 5.74) is 1.49. The first-order valence-corrected chi connectivity index (χ1v) is 13.6. The molecule has 40 heavy (non-hydrogen) atoms. The summed E-state index contributed by atoms with van der Waals surface area (Å²) in [7, 11) is 1.62. The van der Waals surface area contributed by atoms with Crippen LogP contribution in [0.25, 0.3) is 21.7 Å². The molecule has 2 aromatic carbocycles. The van der Waals surface area contributed by atoms with Crippen molar-refractivity contribution in [1.29, 1.82) is 0 Å². The van der Waals surface area contributed by atoms with Gasteiger partial charge in [-0.05, 0) is 88.2 Å². The molecule has 1 amide bonds. The Balaban J connectivity index is 1.84. The number of nitrogens with zero attached hydrogens (tertiary/aromatic N) is 3. The summed E-state index contributed by atoms with van der Waals surface area (Å²) in [5, 5.41) is 3.59. The summed E-state index contributed by atoms with van der Waals surface area (Å²) in [6.45, 7) is 13.8. The smallest absolute Gasteiger partial charge is 0.443 e. The van der Waals surface area contributed by atoms with Crippen LogP contribution in [0.1, 0.15) is 59.2 Å². The highest BCUT2D eigenvalue weighted by Crippen LogP contribution is 2.29. The molecule has 0 radical (unpaired) electrons. The van der Waals surface area contributed by atoms with Crippen molar-refractivity contribution in [3.63, 3.8) is 0 Å². The Labute approximate surface area is 235 Å². The van der Waals surface area contributed by atoms with E-state index >= 15 is 0 Å². The van der Waals surface area contributed by atoms with Crippen LogP contribution in [-0.2, 0) is 11.3 Å². The molecule has 1 atom stereocenters. The van der Waals surface area contributed by atoms with E-state index < -0.39 is 11.7 Å². The molecule has 8 heteroatoms. The zero-order valence-corrected chi connectivity index (χ0v) is 24.6. The van der Waals surface area contributed by atoms with Gasteiger partial charge in [-0.1, -0.05) is 26.0 Å². The summed E-state index contributed by atoms with van der Waals surface area (Å²) in [4.78, 5) is 37.7. The van der Waals surface area contributed by atoms with Crippen molar-refractivity contribution >= 4 is 27.8 Å². The van der Waals surface area contributed by atoms with Crippen molar-refractivity contribution in [1.82, 2.24) is 14.6 Å². The molecule has 0 N–H and O–H groups in total. The lowest BCUT2D eigenvalue weighted by molar-refractivity contribution is -0.0966. The van der Waals surface area contributed by atoms with Crippen LogP contribution < -0.4 is 15.1 Å². The van der Waals surface area contributed by atoms with E-state index in [1.54, 1.807) is 17.9 Å². The fraction of sp³-hybridized carbons (Fsp3) is 0.406. The molecule has 8 nitrogen and oxygen atoms in total. The Morgan fingerprint density at radius 1 is 1.00 bits per heavy atom.